The van der Waals surface area contributed by atoms with Gasteiger partial charge in [-0.15, -0.1) is 0 Å². The molecule has 58 valence electrons. The second kappa shape index (κ2) is 3.34. The summed E-state index contributed by atoms with van der Waals surface area (Å²) in [5.74, 6) is -0.803. The van der Waals surface area contributed by atoms with Crippen molar-refractivity contribution in [3.63, 3.8) is 0 Å². The van der Waals surface area contributed by atoms with Crippen molar-refractivity contribution >= 4 is 12.7 Å². The van der Waals surface area contributed by atoms with E-state index in [9.17, 15) is 4.79 Å². The fourth-order valence-electron chi connectivity index (χ4n) is 0.577. The zero-order valence-corrected chi connectivity index (χ0v) is 6.42. The van der Waals surface area contributed by atoms with Gasteiger partial charge < -0.3 is 5.11 Å². The molecule has 1 unspecified atom stereocenters. The molecule has 0 aliphatic carbocycles. The second-order valence-electron chi connectivity index (χ2n) is 2.60. The molecular formula is C7H13NO2. The Hall–Kier alpha value is -0.860. The van der Waals surface area contributed by atoms with Crippen LogP contribution in [0.1, 0.15) is 20.3 Å². The van der Waals surface area contributed by atoms with Crippen molar-refractivity contribution < 1.29 is 9.90 Å². The van der Waals surface area contributed by atoms with Crippen LogP contribution in [0.5, 0.6) is 0 Å². The Bertz CT molecular complexity index is 145. The monoisotopic (exact) mass is 143 g/mol. The summed E-state index contributed by atoms with van der Waals surface area (Å²) in [5.41, 5.74) is -0.720. The fourth-order valence-corrected chi connectivity index (χ4v) is 0.577. The number of hydrogen-bond donors (Lipinski definition) is 1. The van der Waals surface area contributed by atoms with E-state index in [0.29, 0.717) is 13.0 Å². The van der Waals surface area contributed by atoms with E-state index < -0.39 is 11.4 Å². The van der Waals surface area contributed by atoms with Crippen molar-refractivity contribution in [2.75, 3.05) is 6.54 Å². The maximum absolute atomic E-state index is 10.6. The lowest BCUT2D eigenvalue weighted by Gasteiger charge is -2.19. The predicted octanol–water partition coefficient (Wildman–Crippen LogP) is 1.19. The van der Waals surface area contributed by atoms with Gasteiger partial charge in [0.15, 0.2) is 0 Å². The van der Waals surface area contributed by atoms with Crippen LogP contribution in [-0.2, 0) is 4.79 Å². The number of carbonyl (C=O) groups is 1. The Morgan fingerprint density at radius 1 is 1.80 bits per heavy atom. The predicted molar refractivity (Wildman–Crippen MR) is 40.4 cm³/mol. The highest BCUT2D eigenvalue weighted by molar-refractivity contribution is 5.74. The molecule has 0 aromatic rings. The highest BCUT2D eigenvalue weighted by atomic mass is 16.4. The van der Waals surface area contributed by atoms with E-state index in [4.69, 9.17) is 5.11 Å². The van der Waals surface area contributed by atoms with Gasteiger partial charge in [-0.3, -0.25) is 9.79 Å². The van der Waals surface area contributed by atoms with Crippen molar-refractivity contribution in [1.29, 1.82) is 0 Å². The number of hydrogen-bond acceptors (Lipinski definition) is 2. The van der Waals surface area contributed by atoms with Crippen LogP contribution in [-0.4, -0.2) is 24.3 Å². The van der Waals surface area contributed by atoms with Crippen LogP contribution in [0.3, 0.4) is 0 Å². The lowest BCUT2D eigenvalue weighted by atomic mass is 9.88. The number of aliphatic carboxylic acids is 1. The molecule has 3 heteroatoms. The molecule has 0 aromatic carbocycles. The molecule has 10 heavy (non-hydrogen) atoms. The van der Waals surface area contributed by atoms with Crippen LogP contribution in [0, 0.1) is 5.41 Å². The smallest absolute Gasteiger partial charge is 0.311 e. The van der Waals surface area contributed by atoms with Gasteiger partial charge in [0.25, 0.3) is 0 Å². The molecule has 0 amide bonds. The Labute approximate surface area is 60.8 Å². The summed E-state index contributed by atoms with van der Waals surface area (Å²) in [4.78, 5) is 14.1. The molecule has 0 heterocycles. The van der Waals surface area contributed by atoms with Crippen LogP contribution < -0.4 is 0 Å². The van der Waals surface area contributed by atoms with Crippen LogP contribution in [0.4, 0.5) is 0 Å². The van der Waals surface area contributed by atoms with Crippen molar-refractivity contribution in [2.24, 2.45) is 10.4 Å². The molecule has 0 aliphatic heterocycles. The average molecular weight is 143 g/mol. The third-order valence-electron chi connectivity index (χ3n) is 1.76. The van der Waals surface area contributed by atoms with Gasteiger partial charge in [0.2, 0.25) is 0 Å². The molecule has 0 spiro atoms. The minimum Gasteiger partial charge on any atom is -0.481 e. The molecule has 0 saturated carbocycles. The van der Waals surface area contributed by atoms with Gasteiger partial charge in [-0.2, -0.15) is 0 Å². The van der Waals surface area contributed by atoms with Crippen molar-refractivity contribution in [1.82, 2.24) is 0 Å². The Kier molecular flexibility index (Phi) is 3.06. The van der Waals surface area contributed by atoms with Gasteiger partial charge in [0.1, 0.15) is 0 Å². The van der Waals surface area contributed by atoms with Crippen molar-refractivity contribution in [3.05, 3.63) is 0 Å². The van der Waals surface area contributed by atoms with E-state index >= 15 is 0 Å². The first kappa shape index (κ1) is 9.14. The third-order valence-corrected chi connectivity index (χ3v) is 1.76. The maximum atomic E-state index is 10.6. The molecule has 1 atom stereocenters. The molecule has 1 N–H and O–H groups in total. The minimum atomic E-state index is -0.803. The summed E-state index contributed by atoms with van der Waals surface area (Å²) in [7, 11) is 0. The quantitative estimate of drug-likeness (QED) is 0.601. The minimum absolute atomic E-state index is 0.291. The molecule has 0 rings (SSSR count). The van der Waals surface area contributed by atoms with Gasteiger partial charge in [-0.1, -0.05) is 6.92 Å². The van der Waals surface area contributed by atoms with Crippen LogP contribution in [0.25, 0.3) is 0 Å². The Balaban J connectivity index is 4.21. The van der Waals surface area contributed by atoms with E-state index in [2.05, 4.69) is 11.7 Å². The lowest BCUT2D eigenvalue weighted by molar-refractivity contribution is -0.147. The molecular weight excluding hydrogens is 130 g/mol. The van der Waals surface area contributed by atoms with Crippen molar-refractivity contribution in [2.45, 2.75) is 20.3 Å². The standard InChI is InChI=1S/C7H13NO2/c1-4-7(2,5-8-3)6(9)10/h3-5H2,1-2H3,(H,9,10). The number of rotatable bonds is 4. The van der Waals surface area contributed by atoms with Gasteiger partial charge in [0.05, 0.1) is 12.0 Å². The van der Waals surface area contributed by atoms with Crippen LogP contribution >= 0.6 is 0 Å². The summed E-state index contributed by atoms with van der Waals surface area (Å²) >= 11 is 0. The first-order valence-electron chi connectivity index (χ1n) is 3.22. The highest BCUT2D eigenvalue weighted by Crippen LogP contribution is 2.20. The molecule has 3 nitrogen and oxygen atoms in total. The number of carboxylic acids is 1. The van der Waals surface area contributed by atoms with Crippen molar-refractivity contribution in [3.8, 4) is 0 Å². The third kappa shape index (κ3) is 1.83. The Morgan fingerprint density at radius 3 is 2.40 bits per heavy atom. The van der Waals surface area contributed by atoms with Crippen LogP contribution in [0.2, 0.25) is 0 Å². The number of aliphatic imine (C=N–C) groups is 1. The molecule has 0 radical (unpaired) electrons. The summed E-state index contributed by atoms with van der Waals surface area (Å²) in [6, 6.07) is 0. The molecule has 0 fully saturated rings. The van der Waals surface area contributed by atoms with Gasteiger partial charge >= 0.3 is 5.97 Å². The highest BCUT2D eigenvalue weighted by Gasteiger charge is 2.29. The molecule has 0 bridgehead atoms. The topological polar surface area (TPSA) is 49.7 Å². The first-order valence-corrected chi connectivity index (χ1v) is 3.22. The normalized spacial score (nSPS) is 15.8. The average Bonchev–Trinajstić information content (AvgIpc) is 1.88. The summed E-state index contributed by atoms with van der Waals surface area (Å²) in [6.45, 7) is 7.06. The van der Waals surface area contributed by atoms with Gasteiger partial charge in [-0.05, 0) is 20.1 Å². The van der Waals surface area contributed by atoms with E-state index in [1.165, 1.54) is 0 Å². The van der Waals surface area contributed by atoms with Gasteiger partial charge in [0, 0.05) is 0 Å². The van der Waals surface area contributed by atoms with E-state index in [1.54, 1.807) is 6.92 Å². The zero-order valence-electron chi connectivity index (χ0n) is 6.42. The maximum Gasteiger partial charge on any atom is 0.311 e. The van der Waals surface area contributed by atoms with E-state index in [0.717, 1.165) is 0 Å². The fraction of sp³-hybridized carbons (Fsp3) is 0.714. The summed E-state index contributed by atoms with van der Waals surface area (Å²) in [6.07, 6.45) is 0.585. The van der Waals surface area contributed by atoms with Crippen LogP contribution in [0.15, 0.2) is 4.99 Å². The SMILES string of the molecule is C=NCC(C)(CC)C(=O)O. The lowest BCUT2D eigenvalue weighted by Crippen LogP contribution is -2.29. The second-order valence-corrected chi connectivity index (χ2v) is 2.60. The first-order chi connectivity index (χ1) is 4.56. The molecule has 0 aromatic heterocycles. The van der Waals surface area contributed by atoms with Gasteiger partial charge in [-0.25, -0.2) is 0 Å². The van der Waals surface area contributed by atoms with E-state index in [1.807, 2.05) is 6.92 Å². The largest absolute Gasteiger partial charge is 0.481 e. The Morgan fingerprint density at radius 2 is 2.30 bits per heavy atom. The zero-order chi connectivity index (χ0) is 8.20. The number of nitrogens with zero attached hydrogens (tertiary/aromatic N) is 1. The molecule has 0 aliphatic rings. The molecule has 0 saturated heterocycles. The summed E-state index contributed by atoms with van der Waals surface area (Å²) in [5, 5.41) is 8.68. The summed E-state index contributed by atoms with van der Waals surface area (Å²) < 4.78 is 0. The van der Waals surface area contributed by atoms with E-state index in [-0.39, 0.29) is 0 Å². The number of carboxylic acid groups (broad SMARTS) is 1.